The van der Waals surface area contributed by atoms with Gasteiger partial charge in [-0.3, -0.25) is 0 Å². The van der Waals surface area contributed by atoms with Crippen molar-refractivity contribution < 1.29 is 9.84 Å². The molecule has 1 rings (SSSR count). The van der Waals surface area contributed by atoms with Crippen molar-refractivity contribution in [1.82, 2.24) is 0 Å². The molecule has 0 amide bonds. The van der Waals surface area contributed by atoms with Crippen LogP contribution in [0.3, 0.4) is 0 Å². The second kappa shape index (κ2) is 7.04. The normalized spacial score (nSPS) is 11.8. The van der Waals surface area contributed by atoms with Gasteiger partial charge in [0.1, 0.15) is 0 Å². The topological polar surface area (TPSA) is 29.5 Å². The molecule has 96 valence electrons. The van der Waals surface area contributed by atoms with Crippen molar-refractivity contribution in [2.24, 2.45) is 0 Å². The number of benzene rings is 1. The molecule has 0 heterocycles. The minimum atomic E-state index is 0.102. The summed E-state index contributed by atoms with van der Waals surface area (Å²) in [6, 6.07) is 8.71. The van der Waals surface area contributed by atoms with Crippen molar-refractivity contribution in [3.63, 3.8) is 0 Å². The molecule has 0 aliphatic carbocycles. The van der Waals surface area contributed by atoms with Crippen LogP contribution < -0.4 is 0 Å². The van der Waals surface area contributed by atoms with Crippen LogP contribution in [-0.4, -0.2) is 30.7 Å². The average molecular weight is 254 g/mol. The minimum absolute atomic E-state index is 0.102. The lowest BCUT2D eigenvalue weighted by Crippen LogP contribution is -2.10. The minimum Gasteiger partial charge on any atom is -0.394 e. The fraction of sp³-hybridized carbons (Fsp3) is 0.571. The first-order valence-corrected chi connectivity index (χ1v) is 6.94. The van der Waals surface area contributed by atoms with Crippen molar-refractivity contribution in [3.05, 3.63) is 29.8 Å². The molecule has 1 aromatic carbocycles. The highest BCUT2D eigenvalue weighted by atomic mass is 32.2. The zero-order valence-electron chi connectivity index (χ0n) is 10.9. The van der Waals surface area contributed by atoms with Gasteiger partial charge in [-0.25, -0.2) is 0 Å². The van der Waals surface area contributed by atoms with E-state index in [2.05, 4.69) is 45.0 Å². The van der Waals surface area contributed by atoms with E-state index in [1.807, 2.05) is 0 Å². The van der Waals surface area contributed by atoms with Crippen LogP contribution in [0.15, 0.2) is 29.2 Å². The Morgan fingerprint density at radius 1 is 1.12 bits per heavy atom. The molecule has 3 heteroatoms. The molecule has 0 unspecified atom stereocenters. The predicted molar refractivity (Wildman–Crippen MR) is 73.8 cm³/mol. The molecule has 0 spiro atoms. The number of thioether (sulfide) groups is 1. The number of aliphatic hydroxyl groups is 1. The van der Waals surface area contributed by atoms with Gasteiger partial charge in [0, 0.05) is 10.6 Å². The van der Waals surface area contributed by atoms with E-state index in [4.69, 9.17) is 9.84 Å². The summed E-state index contributed by atoms with van der Waals surface area (Å²) < 4.78 is 5.21. The number of rotatable bonds is 6. The summed E-state index contributed by atoms with van der Waals surface area (Å²) in [7, 11) is 0. The summed E-state index contributed by atoms with van der Waals surface area (Å²) in [6.07, 6.45) is 0. The highest BCUT2D eigenvalue weighted by molar-refractivity contribution is 7.99. The molecular weight excluding hydrogens is 232 g/mol. The van der Waals surface area contributed by atoms with E-state index in [9.17, 15) is 0 Å². The quantitative estimate of drug-likeness (QED) is 0.625. The molecule has 0 aliphatic heterocycles. The summed E-state index contributed by atoms with van der Waals surface area (Å²) in [4.78, 5) is 1.27. The van der Waals surface area contributed by atoms with Crippen LogP contribution in [0.1, 0.15) is 26.3 Å². The van der Waals surface area contributed by atoms with E-state index >= 15 is 0 Å². The summed E-state index contributed by atoms with van der Waals surface area (Å²) >= 11 is 1.78. The van der Waals surface area contributed by atoms with Crippen molar-refractivity contribution in [2.45, 2.75) is 31.1 Å². The summed E-state index contributed by atoms with van der Waals surface area (Å²) in [5.41, 5.74) is 1.58. The molecule has 1 N–H and O–H groups in total. The van der Waals surface area contributed by atoms with Crippen molar-refractivity contribution >= 4 is 11.8 Å². The van der Waals surface area contributed by atoms with Gasteiger partial charge in [0.25, 0.3) is 0 Å². The third-order valence-corrected chi connectivity index (χ3v) is 3.43. The summed E-state index contributed by atoms with van der Waals surface area (Å²) in [5.74, 6) is 0.925. The molecule has 0 saturated heterocycles. The fourth-order valence-electron chi connectivity index (χ4n) is 1.44. The molecule has 0 saturated carbocycles. The zero-order valence-corrected chi connectivity index (χ0v) is 11.7. The number of hydrogen-bond acceptors (Lipinski definition) is 3. The lowest BCUT2D eigenvalue weighted by Gasteiger charge is -2.19. The van der Waals surface area contributed by atoms with E-state index in [0.29, 0.717) is 13.2 Å². The largest absolute Gasteiger partial charge is 0.394 e. The maximum absolute atomic E-state index is 8.56. The molecule has 0 fully saturated rings. The van der Waals surface area contributed by atoms with Crippen LogP contribution in [0.2, 0.25) is 0 Å². The highest BCUT2D eigenvalue weighted by Crippen LogP contribution is 2.25. The van der Waals surface area contributed by atoms with Crippen LogP contribution >= 0.6 is 11.8 Å². The van der Waals surface area contributed by atoms with Gasteiger partial charge in [0.15, 0.2) is 0 Å². The van der Waals surface area contributed by atoms with Gasteiger partial charge in [-0.15, -0.1) is 11.8 Å². The van der Waals surface area contributed by atoms with E-state index in [1.54, 1.807) is 11.8 Å². The molecule has 0 radical (unpaired) electrons. The SMILES string of the molecule is CC(C)(C)c1ccc(SCCOCCO)cc1. The molecule has 0 bridgehead atoms. The van der Waals surface area contributed by atoms with Crippen LogP contribution in [0, 0.1) is 0 Å². The first-order valence-electron chi connectivity index (χ1n) is 5.96. The second-order valence-electron chi connectivity index (χ2n) is 4.96. The Morgan fingerprint density at radius 2 is 1.76 bits per heavy atom. The van der Waals surface area contributed by atoms with Gasteiger partial charge in [-0.2, -0.15) is 0 Å². The lowest BCUT2D eigenvalue weighted by atomic mass is 9.87. The smallest absolute Gasteiger partial charge is 0.0698 e. The van der Waals surface area contributed by atoms with Gasteiger partial charge in [-0.05, 0) is 23.1 Å². The van der Waals surface area contributed by atoms with Gasteiger partial charge in [0.05, 0.1) is 19.8 Å². The number of aliphatic hydroxyl groups excluding tert-OH is 1. The Balaban J connectivity index is 2.36. The first kappa shape index (κ1) is 14.6. The van der Waals surface area contributed by atoms with Gasteiger partial charge >= 0.3 is 0 Å². The van der Waals surface area contributed by atoms with Crippen LogP contribution in [0.5, 0.6) is 0 Å². The summed E-state index contributed by atoms with van der Waals surface area (Å²) in [5, 5.41) is 8.56. The Kier molecular flexibility index (Phi) is 6.03. The van der Waals surface area contributed by atoms with E-state index < -0.39 is 0 Å². The third-order valence-electron chi connectivity index (χ3n) is 2.45. The summed E-state index contributed by atoms with van der Waals surface area (Å²) in [6.45, 7) is 7.88. The lowest BCUT2D eigenvalue weighted by molar-refractivity contribution is 0.103. The highest BCUT2D eigenvalue weighted by Gasteiger charge is 2.12. The van der Waals surface area contributed by atoms with Crippen molar-refractivity contribution in [2.75, 3.05) is 25.6 Å². The van der Waals surface area contributed by atoms with E-state index in [0.717, 1.165) is 5.75 Å². The van der Waals surface area contributed by atoms with Crippen molar-refractivity contribution in [1.29, 1.82) is 0 Å². The van der Waals surface area contributed by atoms with Crippen molar-refractivity contribution in [3.8, 4) is 0 Å². The van der Waals surface area contributed by atoms with Gasteiger partial charge in [-0.1, -0.05) is 32.9 Å². The third kappa shape index (κ3) is 5.57. The Hall–Kier alpha value is -0.510. The fourth-order valence-corrected chi connectivity index (χ4v) is 2.20. The van der Waals surface area contributed by atoms with E-state index in [-0.39, 0.29) is 12.0 Å². The Bertz CT molecular complexity index is 314. The molecule has 0 atom stereocenters. The second-order valence-corrected chi connectivity index (χ2v) is 6.13. The van der Waals surface area contributed by atoms with Gasteiger partial charge < -0.3 is 9.84 Å². The standard InChI is InChI=1S/C14H22O2S/c1-14(2,3)12-4-6-13(7-5-12)17-11-10-16-9-8-15/h4-7,15H,8-11H2,1-3H3. The average Bonchev–Trinajstić information content (AvgIpc) is 2.28. The molecule has 0 aromatic heterocycles. The molecule has 17 heavy (non-hydrogen) atoms. The Labute approximate surface area is 108 Å². The molecular formula is C14H22O2S. The zero-order chi connectivity index (χ0) is 12.7. The van der Waals surface area contributed by atoms with Crippen LogP contribution in [0.4, 0.5) is 0 Å². The van der Waals surface area contributed by atoms with Gasteiger partial charge in [0.2, 0.25) is 0 Å². The van der Waals surface area contributed by atoms with E-state index in [1.165, 1.54) is 10.5 Å². The number of hydrogen-bond donors (Lipinski definition) is 1. The predicted octanol–water partition coefficient (Wildman–Crippen LogP) is 3.09. The molecule has 2 nitrogen and oxygen atoms in total. The monoisotopic (exact) mass is 254 g/mol. The number of ether oxygens (including phenoxy) is 1. The molecule has 1 aromatic rings. The van der Waals surface area contributed by atoms with Crippen LogP contribution in [-0.2, 0) is 10.2 Å². The first-order chi connectivity index (χ1) is 8.04. The maximum Gasteiger partial charge on any atom is 0.0698 e. The Morgan fingerprint density at radius 3 is 2.29 bits per heavy atom. The molecule has 0 aliphatic rings. The van der Waals surface area contributed by atoms with Crippen LogP contribution in [0.25, 0.3) is 0 Å². The maximum atomic E-state index is 8.56.